The Labute approximate surface area is 87.4 Å². The maximum Gasteiger partial charge on any atom is 0.123 e. The predicted octanol–water partition coefficient (Wildman–Crippen LogP) is 2.58. The van der Waals surface area contributed by atoms with Gasteiger partial charge in [0, 0.05) is 17.0 Å². The topological polar surface area (TPSA) is 38.9 Å². The zero-order valence-corrected chi connectivity index (χ0v) is 8.84. The standard InChI is InChI=1S/C11H12N2S/c1-8-10(7-12)13-11(14-8)9-5-3-2-4-6-9/h2-6H,7,12H2,1H3. The number of aromatic nitrogens is 1. The highest BCUT2D eigenvalue weighted by molar-refractivity contribution is 7.15. The molecule has 2 aromatic rings. The highest BCUT2D eigenvalue weighted by Gasteiger charge is 2.06. The first-order chi connectivity index (χ1) is 6.81. The molecule has 3 heteroatoms. The van der Waals surface area contributed by atoms with Gasteiger partial charge in [0.1, 0.15) is 5.01 Å². The van der Waals surface area contributed by atoms with Gasteiger partial charge in [0.2, 0.25) is 0 Å². The van der Waals surface area contributed by atoms with Crippen molar-refractivity contribution in [1.82, 2.24) is 4.98 Å². The molecule has 1 aromatic carbocycles. The van der Waals surface area contributed by atoms with E-state index in [-0.39, 0.29) is 0 Å². The monoisotopic (exact) mass is 204 g/mol. The Hall–Kier alpha value is -1.19. The molecule has 72 valence electrons. The van der Waals surface area contributed by atoms with Gasteiger partial charge in [-0.05, 0) is 6.92 Å². The van der Waals surface area contributed by atoms with Crippen molar-refractivity contribution in [3.63, 3.8) is 0 Å². The summed E-state index contributed by atoms with van der Waals surface area (Å²) in [6, 6.07) is 10.2. The molecule has 0 saturated carbocycles. The molecule has 0 atom stereocenters. The summed E-state index contributed by atoms with van der Waals surface area (Å²) in [4.78, 5) is 5.71. The Balaban J connectivity index is 2.43. The fraction of sp³-hybridized carbons (Fsp3) is 0.182. The van der Waals surface area contributed by atoms with E-state index in [0.29, 0.717) is 6.54 Å². The minimum absolute atomic E-state index is 0.523. The Morgan fingerprint density at radius 2 is 2.00 bits per heavy atom. The van der Waals surface area contributed by atoms with Crippen molar-refractivity contribution in [2.45, 2.75) is 13.5 Å². The van der Waals surface area contributed by atoms with Crippen molar-refractivity contribution in [1.29, 1.82) is 0 Å². The van der Waals surface area contributed by atoms with Crippen LogP contribution in [0.4, 0.5) is 0 Å². The van der Waals surface area contributed by atoms with E-state index in [1.54, 1.807) is 11.3 Å². The van der Waals surface area contributed by atoms with E-state index < -0.39 is 0 Å². The molecule has 1 aromatic heterocycles. The molecular formula is C11H12N2S. The third-order valence-electron chi connectivity index (χ3n) is 2.11. The summed E-state index contributed by atoms with van der Waals surface area (Å²) in [6.45, 7) is 2.58. The molecular weight excluding hydrogens is 192 g/mol. The molecule has 2 nitrogen and oxygen atoms in total. The Bertz CT molecular complexity index is 420. The molecule has 0 aliphatic rings. The van der Waals surface area contributed by atoms with Crippen molar-refractivity contribution in [2.75, 3.05) is 0 Å². The second-order valence-corrected chi connectivity index (χ2v) is 4.30. The molecule has 14 heavy (non-hydrogen) atoms. The number of hydrogen-bond acceptors (Lipinski definition) is 3. The van der Waals surface area contributed by atoms with Crippen LogP contribution in [0.1, 0.15) is 10.6 Å². The van der Waals surface area contributed by atoms with E-state index >= 15 is 0 Å². The van der Waals surface area contributed by atoms with Gasteiger partial charge >= 0.3 is 0 Å². The van der Waals surface area contributed by atoms with Crippen LogP contribution in [0.5, 0.6) is 0 Å². The van der Waals surface area contributed by atoms with Crippen LogP contribution >= 0.6 is 11.3 Å². The minimum Gasteiger partial charge on any atom is -0.325 e. The fourth-order valence-electron chi connectivity index (χ4n) is 1.32. The highest BCUT2D eigenvalue weighted by atomic mass is 32.1. The highest BCUT2D eigenvalue weighted by Crippen LogP contribution is 2.26. The summed E-state index contributed by atoms with van der Waals surface area (Å²) in [5, 5.41) is 1.06. The largest absolute Gasteiger partial charge is 0.325 e. The van der Waals surface area contributed by atoms with Crippen molar-refractivity contribution >= 4 is 11.3 Å². The molecule has 0 radical (unpaired) electrons. The van der Waals surface area contributed by atoms with Crippen molar-refractivity contribution in [3.8, 4) is 10.6 Å². The van der Waals surface area contributed by atoms with Crippen molar-refractivity contribution in [2.24, 2.45) is 5.73 Å². The second kappa shape index (κ2) is 3.90. The zero-order chi connectivity index (χ0) is 9.97. The van der Waals surface area contributed by atoms with E-state index in [0.717, 1.165) is 10.7 Å². The SMILES string of the molecule is Cc1sc(-c2ccccc2)nc1CN. The number of aryl methyl sites for hydroxylation is 1. The van der Waals surface area contributed by atoms with Crippen molar-refractivity contribution < 1.29 is 0 Å². The third-order valence-corrected chi connectivity index (χ3v) is 3.17. The molecule has 0 aliphatic heterocycles. The van der Waals surface area contributed by atoms with Crippen LogP contribution in [0.25, 0.3) is 10.6 Å². The third kappa shape index (κ3) is 1.69. The van der Waals surface area contributed by atoms with Crippen LogP contribution in [0, 0.1) is 6.92 Å². The number of rotatable bonds is 2. The first-order valence-corrected chi connectivity index (χ1v) is 5.34. The Morgan fingerprint density at radius 1 is 1.29 bits per heavy atom. The fourth-order valence-corrected chi connectivity index (χ4v) is 2.27. The summed E-state index contributed by atoms with van der Waals surface area (Å²) < 4.78 is 0. The van der Waals surface area contributed by atoms with Gasteiger partial charge in [0.05, 0.1) is 5.69 Å². The summed E-state index contributed by atoms with van der Waals surface area (Å²) in [5.41, 5.74) is 7.76. The van der Waals surface area contributed by atoms with E-state index in [1.807, 2.05) is 18.2 Å². The van der Waals surface area contributed by atoms with Gasteiger partial charge in [-0.1, -0.05) is 30.3 Å². The summed E-state index contributed by atoms with van der Waals surface area (Å²) in [7, 11) is 0. The predicted molar refractivity (Wildman–Crippen MR) is 60.2 cm³/mol. The molecule has 0 unspecified atom stereocenters. The van der Waals surface area contributed by atoms with Gasteiger partial charge in [0.15, 0.2) is 0 Å². The van der Waals surface area contributed by atoms with E-state index in [1.165, 1.54) is 10.4 Å². The maximum absolute atomic E-state index is 5.59. The summed E-state index contributed by atoms with van der Waals surface area (Å²) in [5.74, 6) is 0. The maximum atomic E-state index is 5.59. The minimum atomic E-state index is 0.523. The van der Waals surface area contributed by atoms with Crippen LogP contribution in [0.3, 0.4) is 0 Å². The lowest BCUT2D eigenvalue weighted by molar-refractivity contribution is 0.998. The van der Waals surface area contributed by atoms with Gasteiger partial charge < -0.3 is 5.73 Å². The van der Waals surface area contributed by atoms with E-state index in [2.05, 4.69) is 24.0 Å². The van der Waals surface area contributed by atoms with Gasteiger partial charge in [-0.25, -0.2) is 4.98 Å². The molecule has 0 saturated heterocycles. The molecule has 2 rings (SSSR count). The first-order valence-electron chi connectivity index (χ1n) is 4.53. The number of thiazole rings is 1. The van der Waals surface area contributed by atoms with Gasteiger partial charge in [-0.2, -0.15) is 0 Å². The van der Waals surface area contributed by atoms with Crippen LogP contribution < -0.4 is 5.73 Å². The van der Waals surface area contributed by atoms with E-state index in [4.69, 9.17) is 5.73 Å². The molecule has 0 bridgehead atoms. The van der Waals surface area contributed by atoms with Gasteiger partial charge in [0.25, 0.3) is 0 Å². The smallest absolute Gasteiger partial charge is 0.123 e. The number of nitrogens with two attached hydrogens (primary N) is 1. The lowest BCUT2D eigenvalue weighted by Gasteiger charge is -1.93. The average molecular weight is 204 g/mol. The van der Waals surface area contributed by atoms with Crippen LogP contribution in [0.15, 0.2) is 30.3 Å². The van der Waals surface area contributed by atoms with Gasteiger partial charge in [-0.15, -0.1) is 11.3 Å². The normalized spacial score (nSPS) is 10.4. The van der Waals surface area contributed by atoms with E-state index in [9.17, 15) is 0 Å². The number of nitrogens with zero attached hydrogens (tertiary/aromatic N) is 1. The molecule has 0 fully saturated rings. The molecule has 2 N–H and O–H groups in total. The Morgan fingerprint density at radius 3 is 2.57 bits per heavy atom. The zero-order valence-electron chi connectivity index (χ0n) is 8.03. The number of benzene rings is 1. The lowest BCUT2D eigenvalue weighted by Crippen LogP contribution is -1.97. The van der Waals surface area contributed by atoms with Gasteiger partial charge in [-0.3, -0.25) is 0 Å². The Kier molecular flexibility index (Phi) is 2.61. The molecule has 0 spiro atoms. The molecule has 0 aliphatic carbocycles. The summed E-state index contributed by atoms with van der Waals surface area (Å²) in [6.07, 6.45) is 0. The van der Waals surface area contributed by atoms with Crippen LogP contribution in [-0.2, 0) is 6.54 Å². The molecule has 0 amide bonds. The average Bonchev–Trinajstić information content (AvgIpc) is 2.61. The lowest BCUT2D eigenvalue weighted by atomic mass is 10.2. The van der Waals surface area contributed by atoms with Crippen molar-refractivity contribution in [3.05, 3.63) is 40.9 Å². The first kappa shape index (κ1) is 9.37. The quantitative estimate of drug-likeness (QED) is 0.816. The summed E-state index contributed by atoms with van der Waals surface area (Å²) >= 11 is 1.70. The van der Waals surface area contributed by atoms with Crippen LogP contribution in [0.2, 0.25) is 0 Å². The second-order valence-electron chi connectivity index (χ2n) is 3.09. The molecule has 1 heterocycles. The number of hydrogen-bond donors (Lipinski definition) is 1. The van der Waals surface area contributed by atoms with Crippen LogP contribution in [-0.4, -0.2) is 4.98 Å².